The molecule has 2 nitrogen and oxygen atoms in total. The lowest BCUT2D eigenvalue weighted by Crippen LogP contribution is -2.46. The van der Waals surface area contributed by atoms with Gasteiger partial charge in [0.2, 0.25) is 0 Å². The summed E-state index contributed by atoms with van der Waals surface area (Å²) < 4.78 is 12.4. The zero-order chi connectivity index (χ0) is 13.0. The summed E-state index contributed by atoms with van der Waals surface area (Å²) in [5.41, 5.74) is 0.654. The lowest BCUT2D eigenvalue weighted by molar-refractivity contribution is -0.298. The molecule has 0 aromatic heterocycles. The molecule has 3 aliphatic rings. The zero-order valence-corrected chi connectivity index (χ0v) is 12.4. The Morgan fingerprint density at radius 2 is 1.72 bits per heavy atom. The molecule has 3 atom stereocenters. The first-order chi connectivity index (χ1) is 8.33. The van der Waals surface area contributed by atoms with Crippen molar-refractivity contribution in [3.05, 3.63) is 0 Å². The summed E-state index contributed by atoms with van der Waals surface area (Å²) in [7, 11) is 0. The molecule has 104 valence electrons. The Morgan fingerprint density at radius 1 is 1.06 bits per heavy atom. The Bertz CT molecular complexity index is 326. The van der Waals surface area contributed by atoms with E-state index in [4.69, 9.17) is 9.47 Å². The molecule has 1 heterocycles. The van der Waals surface area contributed by atoms with Crippen molar-refractivity contribution >= 4 is 0 Å². The SMILES string of the molecule is CC1CC[C@@]2(C)CC3(C[C@H]2C1)OCC(C)(C)CO3. The number of hydrogen-bond donors (Lipinski definition) is 0. The van der Waals surface area contributed by atoms with Gasteiger partial charge in [-0.3, -0.25) is 0 Å². The summed E-state index contributed by atoms with van der Waals surface area (Å²) >= 11 is 0. The molecule has 0 amide bonds. The summed E-state index contributed by atoms with van der Waals surface area (Å²) in [6.07, 6.45) is 6.36. The molecule has 18 heavy (non-hydrogen) atoms. The fraction of sp³-hybridized carbons (Fsp3) is 1.00. The highest BCUT2D eigenvalue weighted by atomic mass is 16.7. The molecule has 1 aliphatic heterocycles. The summed E-state index contributed by atoms with van der Waals surface area (Å²) in [6.45, 7) is 11.0. The Labute approximate surface area is 111 Å². The standard InChI is InChI=1S/C16H28O2/c1-12-5-6-15(4)9-16(8-13(15)7-12)17-10-14(2,3)11-18-16/h12-13H,5-11H2,1-4H3/t12?,13-,15+/m1/s1. The highest BCUT2D eigenvalue weighted by molar-refractivity contribution is 5.02. The largest absolute Gasteiger partial charge is 0.349 e. The van der Waals surface area contributed by atoms with Crippen LogP contribution in [-0.2, 0) is 9.47 Å². The van der Waals surface area contributed by atoms with Crippen molar-refractivity contribution in [3.8, 4) is 0 Å². The molecular formula is C16H28O2. The van der Waals surface area contributed by atoms with Gasteiger partial charge in [0.25, 0.3) is 0 Å². The van der Waals surface area contributed by atoms with Crippen molar-refractivity contribution in [2.75, 3.05) is 13.2 Å². The highest BCUT2D eigenvalue weighted by Crippen LogP contribution is 2.59. The van der Waals surface area contributed by atoms with Gasteiger partial charge in [-0.2, -0.15) is 0 Å². The third-order valence-corrected chi connectivity index (χ3v) is 5.56. The predicted molar refractivity (Wildman–Crippen MR) is 72.3 cm³/mol. The second-order valence-corrected chi connectivity index (χ2v) is 8.26. The van der Waals surface area contributed by atoms with Gasteiger partial charge >= 0.3 is 0 Å². The molecule has 1 unspecified atom stereocenters. The van der Waals surface area contributed by atoms with E-state index in [1.54, 1.807) is 0 Å². The van der Waals surface area contributed by atoms with E-state index in [1.807, 2.05) is 0 Å². The average molecular weight is 252 g/mol. The maximum Gasteiger partial charge on any atom is 0.169 e. The second kappa shape index (κ2) is 3.96. The van der Waals surface area contributed by atoms with Crippen LogP contribution in [0.5, 0.6) is 0 Å². The first-order valence-electron chi connectivity index (χ1n) is 7.61. The Kier molecular flexibility index (Phi) is 2.84. The van der Waals surface area contributed by atoms with Crippen molar-refractivity contribution in [3.63, 3.8) is 0 Å². The van der Waals surface area contributed by atoms with Crippen molar-refractivity contribution in [2.45, 2.75) is 65.6 Å². The van der Waals surface area contributed by atoms with Gasteiger partial charge in [0.15, 0.2) is 5.79 Å². The number of ether oxygens (including phenoxy) is 2. The van der Waals surface area contributed by atoms with E-state index in [0.29, 0.717) is 5.41 Å². The van der Waals surface area contributed by atoms with Crippen LogP contribution in [0, 0.1) is 22.7 Å². The van der Waals surface area contributed by atoms with Crippen LogP contribution in [0.3, 0.4) is 0 Å². The van der Waals surface area contributed by atoms with Gasteiger partial charge in [0, 0.05) is 18.3 Å². The minimum Gasteiger partial charge on any atom is -0.349 e. The molecule has 2 aliphatic carbocycles. The van der Waals surface area contributed by atoms with Gasteiger partial charge in [0.05, 0.1) is 13.2 Å². The smallest absolute Gasteiger partial charge is 0.169 e. The molecule has 1 saturated heterocycles. The van der Waals surface area contributed by atoms with Gasteiger partial charge in [-0.15, -0.1) is 0 Å². The van der Waals surface area contributed by atoms with Crippen LogP contribution in [0.25, 0.3) is 0 Å². The van der Waals surface area contributed by atoms with Crippen LogP contribution in [0.1, 0.15) is 59.8 Å². The molecule has 2 saturated carbocycles. The van der Waals surface area contributed by atoms with Crippen molar-refractivity contribution in [1.82, 2.24) is 0 Å². The Balaban J connectivity index is 1.74. The Hall–Kier alpha value is -0.0800. The van der Waals surface area contributed by atoms with Gasteiger partial charge in [0.1, 0.15) is 0 Å². The number of fused-ring (bicyclic) bond motifs is 1. The maximum absolute atomic E-state index is 6.21. The first-order valence-corrected chi connectivity index (χ1v) is 7.61. The lowest BCUT2D eigenvalue weighted by atomic mass is 9.67. The molecule has 0 bridgehead atoms. The zero-order valence-electron chi connectivity index (χ0n) is 12.4. The summed E-state index contributed by atoms with van der Waals surface area (Å²) in [5, 5.41) is 0. The van der Waals surface area contributed by atoms with E-state index in [1.165, 1.54) is 19.3 Å². The molecule has 0 aromatic carbocycles. The minimum atomic E-state index is -0.237. The third-order valence-electron chi connectivity index (χ3n) is 5.56. The summed E-state index contributed by atoms with van der Waals surface area (Å²) in [4.78, 5) is 0. The highest BCUT2D eigenvalue weighted by Gasteiger charge is 2.56. The van der Waals surface area contributed by atoms with Crippen LogP contribution in [0.15, 0.2) is 0 Å². The molecule has 2 heteroatoms. The van der Waals surface area contributed by atoms with Crippen molar-refractivity contribution in [1.29, 1.82) is 0 Å². The molecular weight excluding hydrogens is 224 g/mol. The maximum atomic E-state index is 6.21. The molecule has 3 fully saturated rings. The topological polar surface area (TPSA) is 18.5 Å². The van der Waals surface area contributed by atoms with Gasteiger partial charge < -0.3 is 9.47 Å². The molecule has 3 rings (SSSR count). The van der Waals surface area contributed by atoms with E-state index in [2.05, 4.69) is 27.7 Å². The molecule has 1 spiro atoms. The van der Waals surface area contributed by atoms with Crippen LogP contribution < -0.4 is 0 Å². The molecule has 0 N–H and O–H groups in total. The average Bonchev–Trinajstić information content (AvgIpc) is 2.57. The van der Waals surface area contributed by atoms with Crippen LogP contribution in [0.2, 0.25) is 0 Å². The van der Waals surface area contributed by atoms with Crippen LogP contribution >= 0.6 is 0 Å². The summed E-state index contributed by atoms with van der Waals surface area (Å²) in [6, 6.07) is 0. The molecule has 0 radical (unpaired) electrons. The third kappa shape index (κ3) is 2.12. The van der Waals surface area contributed by atoms with Crippen molar-refractivity contribution in [2.24, 2.45) is 22.7 Å². The quantitative estimate of drug-likeness (QED) is 0.649. The summed E-state index contributed by atoms with van der Waals surface area (Å²) in [5.74, 6) is 1.46. The van der Waals surface area contributed by atoms with E-state index in [-0.39, 0.29) is 11.2 Å². The number of rotatable bonds is 0. The van der Waals surface area contributed by atoms with Crippen molar-refractivity contribution < 1.29 is 9.47 Å². The van der Waals surface area contributed by atoms with E-state index in [9.17, 15) is 0 Å². The van der Waals surface area contributed by atoms with E-state index < -0.39 is 0 Å². The van der Waals surface area contributed by atoms with Gasteiger partial charge in [-0.05, 0) is 30.1 Å². The Morgan fingerprint density at radius 3 is 2.39 bits per heavy atom. The minimum absolute atomic E-state index is 0.188. The number of hydrogen-bond acceptors (Lipinski definition) is 2. The second-order valence-electron chi connectivity index (χ2n) is 8.26. The normalized spacial score (nSPS) is 46.0. The van der Waals surface area contributed by atoms with E-state index >= 15 is 0 Å². The predicted octanol–water partition coefficient (Wildman–Crippen LogP) is 3.99. The monoisotopic (exact) mass is 252 g/mol. The fourth-order valence-corrected chi connectivity index (χ4v) is 4.25. The van der Waals surface area contributed by atoms with Crippen LogP contribution in [0.4, 0.5) is 0 Å². The van der Waals surface area contributed by atoms with Gasteiger partial charge in [-0.1, -0.05) is 34.1 Å². The lowest BCUT2D eigenvalue weighted by Gasteiger charge is -2.42. The van der Waals surface area contributed by atoms with Crippen LogP contribution in [-0.4, -0.2) is 19.0 Å². The fourth-order valence-electron chi connectivity index (χ4n) is 4.25. The van der Waals surface area contributed by atoms with Gasteiger partial charge in [-0.25, -0.2) is 0 Å². The first kappa shape index (κ1) is 12.9. The molecule has 0 aromatic rings. The van der Waals surface area contributed by atoms with E-state index in [0.717, 1.165) is 37.9 Å².